The Bertz CT molecular complexity index is 740. The van der Waals surface area contributed by atoms with Crippen molar-refractivity contribution in [1.82, 2.24) is 4.72 Å². The topological polar surface area (TPSA) is 128 Å². The molecule has 0 atom stereocenters. The summed E-state index contributed by atoms with van der Waals surface area (Å²) in [7, 11) is -2.59. The number of nitrogens with one attached hydrogen (secondary N) is 2. The van der Waals surface area contributed by atoms with Gasteiger partial charge < -0.3 is 10.1 Å². The summed E-state index contributed by atoms with van der Waals surface area (Å²) in [6.07, 6.45) is 0.606. The predicted molar refractivity (Wildman–Crippen MR) is 92.9 cm³/mol. The van der Waals surface area contributed by atoms with Gasteiger partial charge in [-0.2, -0.15) is 0 Å². The van der Waals surface area contributed by atoms with E-state index in [1.165, 1.54) is 19.2 Å². The third-order valence-corrected chi connectivity index (χ3v) is 4.77. The third kappa shape index (κ3) is 6.67. The van der Waals surface area contributed by atoms with E-state index in [1.54, 1.807) is 20.8 Å². The highest BCUT2D eigenvalue weighted by Crippen LogP contribution is 2.28. The Labute approximate surface area is 147 Å². The molecule has 0 saturated carbocycles. The zero-order valence-corrected chi connectivity index (χ0v) is 15.5. The fraction of sp³-hybridized carbons (Fsp3) is 0.533. The van der Waals surface area contributed by atoms with Crippen LogP contribution in [0.4, 0.5) is 11.4 Å². The molecule has 0 aliphatic carbocycles. The van der Waals surface area contributed by atoms with Crippen LogP contribution in [0.1, 0.15) is 33.6 Å². The molecule has 0 radical (unpaired) electrons. The van der Waals surface area contributed by atoms with E-state index in [2.05, 4.69) is 14.8 Å². The van der Waals surface area contributed by atoms with Gasteiger partial charge in [-0.05, 0) is 39.3 Å². The lowest BCUT2D eigenvalue weighted by Gasteiger charge is -2.20. The number of hydrogen-bond donors (Lipinski definition) is 2. The second-order valence-electron chi connectivity index (χ2n) is 6.40. The van der Waals surface area contributed by atoms with E-state index in [9.17, 15) is 23.3 Å². The largest absolute Gasteiger partial charge is 0.469 e. The Hall–Kier alpha value is -2.20. The van der Waals surface area contributed by atoms with Gasteiger partial charge in [-0.1, -0.05) is 0 Å². The maximum atomic E-state index is 12.3. The average Bonchev–Trinajstić information content (AvgIpc) is 2.48. The van der Waals surface area contributed by atoms with Crippen LogP contribution in [0.5, 0.6) is 0 Å². The van der Waals surface area contributed by atoms with Crippen LogP contribution in [-0.2, 0) is 19.6 Å². The van der Waals surface area contributed by atoms with Crippen LogP contribution in [0, 0.1) is 10.1 Å². The first kappa shape index (κ1) is 20.8. The minimum Gasteiger partial charge on any atom is -0.469 e. The van der Waals surface area contributed by atoms with Crippen molar-refractivity contribution < 1.29 is 22.9 Å². The molecule has 1 aromatic carbocycles. The van der Waals surface area contributed by atoms with Crippen molar-refractivity contribution in [3.05, 3.63) is 28.3 Å². The monoisotopic (exact) mass is 373 g/mol. The summed E-state index contributed by atoms with van der Waals surface area (Å²) in [5, 5.41) is 14.1. The van der Waals surface area contributed by atoms with Crippen molar-refractivity contribution in [3.63, 3.8) is 0 Å². The van der Waals surface area contributed by atoms with Crippen LogP contribution in [0.2, 0.25) is 0 Å². The molecule has 10 heteroatoms. The Morgan fingerprint density at radius 2 is 1.96 bits per heavy atom. The van der Waals surface area contributed by atoms with Gasteiger partial charge in [0.1, 0.15) is 5.69 Å². The summed E-state index contributed by atoms with van der Waals surface area (Å²) >= 11 is 0. The van der Waals surface area contributed by atoms with E-state index in [1.807, 2.05) is 0 Å². The van der Waals surface area contributed by atoms with E-state index < -0.39 is 20.5 Å². The van der Waals surface area contributed by atoms with Crippen molar-refractivity contribution in [2.75, 3.05) is 19.0 Å². The Morgan fingerprint density at radius 1 is 1.32 bits per heavy atom. The zero-order chi connectivity index (χ0) is 19.3. The first-order chi connectivity index (χ1) is 11.5. The van der Waals surface area contributed by atoms with E-state index in [4.69, 9.17) is 0 Å². The molecule has 0 aliphatic heterocycles. The molecule has 1 rings (SSSR count). The third-order valence-electron chi connectivity index (χ3n) is 3.02. The average molecular weight is 373 g/mol. The Morgan fingerprint density at radius 3 is 2.48 bits per heavy atom. The lowest BCUT2D eigenvalue weighted by atomic mass is 10.1. The molecule has 25 heavy (non-hydrogen) atoms. The van der Waals surface area contributed by atoms with Crippen LogP contribution in [0.3, 0.4) is 0 Å². The smallest absolute Gasteiger partial charge is 0.305 e. The molecular weight excluding hydrogens is 350 g/mol. The summed E-state index contributed by atoms with van der Waals surface area (Å²) in [5.41, 5.74) is -0.877. The number of methoxy groups -OCH3 is 1. The van der Waals surface area contributed by atoms with Crippen molar-refractivity contribution in [2.45, 2.75) is 44.0 Å². The number of carbonyl (C=O) groups is 1. The number of carbonyl (C=O) groups excluding carboxylic acids is 1. The molecule has 0 aliphatic rings. The molecule has 0 amide bonds. The summed E-state index contributed by atoms with van der Waals surface area (Å²) in [6.45, 7) is 5.34. The van der Waals surface area contributed by atoms with E-state index in [0.29, 0.717) is 13.0 Å². The van der Waals surface area contributed by atoms with Crippen LogP contribution in [0.25, 0.3) is 0 Å². The number of esters is 1. The van der Waals surface area contributed by atoms with Gasteiger partial charge in [-0.15, -0.1) is 0 Å². The van der Waals surface area contributed by atoms with E-state index in [0.717, 1.165) is 6.07 Å². The van der Waals surface area contributed by atoms with Gasteiger partial charge in [0.25, 0.3) is 5.69 Å². The van der Waals surface area contributed by atoms with Gasteiger partial charge in [0.2, 0.25) is 10.0 Å². The fourth-order valence-corrected chi connectivity index (χ4v) is 3.44. The predicted octanol–water partition coefficient (Wildman–Crippen LogP) is 2.04. The molecule has 9 nitrogen and oxygen atoms in total. The minimum absolute atomic E-state index is 0.180. The molecule has 140 valence electrons. The molecule has 0 heterocycles. The summed E-state index contributed by atoms with van der Waals surface area (Å²) in [6, 6.07) is 3.65. The van der Waals surface area contributed by atoms with Gasteiger partial charge >= 0.3 is 5.97 Å². The Kier molecular flexibility index (Phi) is 6.88. The quantitative estimate of drug-likeness (QED) is 0.309. The SMILES string of the molecule is COC(=O)CCCNc1ccc(S(=O)(=O)NC(C)(C)C)cc1[N+](=O)[O-]. The summed E-state index contributed by atoms with van der Waals surface area (Å²) < 4.78 is 31.5. The Balaban J connectivity index is 2.96. The number of nitro benzene ring substituents is 1. The molecule has 0 bridgehead atoms. The van der Waals surface area contributed by atoms with Crippen molar-refractivity contribution in [1.29, 1.82) is 0 Å². The van der Waals surface area contributed by atoms with Gasteiger partial charge in [0.15, 0.2) is 0 Å². The van der Waals surface area contributed by atoms with E-state index >= 15 is 0 Å². The van der Waals surface area contributed by atoms with Gasteiger partial charge in [-0.3, -0.25) is 14.9 Å². The standard InChI is InChI=1S/C15H23N3O6S/c1-15(2,3)17-25(22,23)11-7-8-12(13(10-11)18(20)21)16-9-5-6-14(19)24-4/h7-8,10,16-17H,5-6,9H2,1-4H3. The van der Waals surface area contributed by atoms with Crippen molar-refractivity contribution in [2.24, 2.45) is 0 Å². The molecular formula is C15H23N3O6S. The number of rotatable bonds is 8. The number of hydrogen-bond acceptors (Lipinski definition) is 7. The number of benzene rings is 1. The highest BCUT2D eigenvalue weighted by Gasteiger charge is 2.25. The molecule has 0 aromatic heterocycles. The zero-order valence-electron chi connectivity index (χ0n) is 14.7. The summed E-state index contributed by atoms with van der Waals surface area (Å²) in [4.78, 5) is 21.4. The highest BCUT2D eigenvalue weighted by atomic mass is 32.2. The molecule has 0 unspecified atom stereocenters. The van der Waals surface area contributed by atoms with Crippen molar-refractivity contribution in [3.8, 4) is 0 Å². The van der Waals surface area contributed by atoms with E-state index in [-0.39, 0.29) is 28.7 Å². The molecule has 2 N–H and O–H groups in total. The second kappa shape index (κ2) is 8.26. The molecule has 1 aromatic rings. The van der Waals surface area contributed by atoms with Crippen LogP contribution in [-0.4, -0.2) is 38.5 Å². The number of ether oxygens (including phenoxy) is 1. The van der Waals surface area contributed by atoms with Crippen LogP contribution in [0.15, 0.2) is 23.1 Å². The molecule has 0 fully saturated rings. The number of anilines is 1. The lowest BCUT2D eigenvalue weighted by Crippen LogP contribution is -2.40. The first-order valence-electron chi connectivity index (χ1n) is 7.59. The number of nitrogens with zero attached hydrogens (tertiary/aromatic N) is 1. The highest BCUT2D eigenvalue weighted by molar-refractivity contribution is 7.89. The van der Waals surface area contributed by atoms with Gasteiger partial charge in [0, 0.05) is 24.6 Å². The number of sulfonamides is 1. The first-order valence-corrected chi connectivity index (χ1v) is 9.08. The molecule has 0 saturated heterocycles. The van der Waals surface area contributed by atoms with Gasteiger partial charge in [0.05, 0.1) is 16.9 Å². The van der Waals surface area contributed by atoms with Crippen LogP contribution >= 0.6 is 0 Å². The van der Waals surface area contributed by atoms with Gasteiger partial charge in [-0.25, -0.2) is 13.1 Å². The lowest BCUT2D eigenvalue weighted by molar-refractivity contribution is -0.384. The second-order valence-corrected chi connectivity index (χ2v) is 8.08. The van der Waals surface area contributed by atoms with Crippen LogP contribution < -0.4 is 10.0 Å². The fourth-order valence-electron chi connectivity index (χ4n) is 2.00. The minimum atomic E-state index is -3.87. The maximum absolute atomic E-state index is 12.3. The summed E-state index contributed by atoms with van der Waals surface area (Å²) in [5.74, 6) is -0.369. The normalized spacial score (nSPS) is 11.8. The molecule has 0 spiro atoms. The maximum Gasteiger partial charge on any atom is 0.305 e. The number of nitro groups is 1. The van der Waals surface area contributed by atoms with Crippen molar-refractivity contribution >= 4 is 27.4 Å².